The van der Waals surface area contributed by atoms with Gasteiger partial charge in [-0.3, -0.25) is 9.59 Å². The average molecular weight is 452 g/mol. The van der Waals surface area contributed by atoms with Crippen molar-refractivity contribution in [3.05, 3.63) is 88.2 Å². The molecule has 1 amide bonds. The molecule has 33 heavy (non-hydrogen) atoms. The number of hydrogen-bond acceptors (Lipinski definition) is 3. The van der Waals surface area contributed by atoms with Gasteiger partial charge in [0, 0.05) is 44.0 Å². The van der Waals surface area contributed by atoms with Crippen LogP contribution in [-0.2, 0) is 6.54 Å². The zero-order valence-corrected chi connectivity index (χ0v) is 19.1. The van der Waals surface area contributed by atoms with E-state index in [4.69, 9.17) is 0 Å². The van der Waals surface area contributed by atoms with Crippen LogP contribution < -0.4 is 4.90 Å². The molecule has 3 aromatic rings. The topological polar surface area (TPSA) is 45.6 Å². The third-order valence-corrected chi connectivity index (χ3v) is 6.34. The number of hydrogen-bond donors (Lipinski definition) is 0. The number of para-hydroxylation sites is 1. The Morgan fingerprint density at radius 3 is 2.15 bits per heavy atom. The second kappa shape index (κ2) is 9.17. The lowest BCUT2D eigenvalue weighted by atomic mass is 10.1. The molecule has 2 aromatic carbocycles. The first-order chi connectivity index (χ1) is 15.8. The van der Waals surface area contributed by atoms with Gasteiger partial charge in [-0.15, -0.1) is 0 Å². The van der Waals surface area contributed by atoms with E-state index in [1.54, 1.807) is 42.2 Å². The second-order valence-corrected chi connectivity index (χ2v) is 8.43. The first-order valence-corrected chi connectivity index (χ1v) is 11.0. The number of aromatic nitrogens is 1. The maximum atomic E-state index is 14.2. The molecule has 0 aliphatic carbocycles. The number of ketones is 1. The molecule has 0 N–H and O–H groups in total. The Morgan fingerprint density at radius 1 is 0.909 bits per heavy atom. The largest absolute Gasteiger partial charge is 0.366 e. The smallest absolute Gasteiger partial charge is 0.270 e. The first-order valence-electron chi connectivity index (χ1n) is 11.0. The normalized spacial score (nSPS) is 14.0. The van der Waals surface area contributed by atoms with Crippen molar-refractivity contribution in [1.82, 2.24) is 9.47 Å². The van der Waals surface area contributed by atoms with E-state index < -0.39 is 0 Å². The van der Waals surface area contributed by atoms with E-state index >= 15 is 0 Å². The van der Waals surface area contributed by atoms with E-state index in [0.717, 1.165) is 11.3 Å². The van der Waals surface area contributed by atoms with Gasteiger partial charge in [0.2, 0.25) is 0 Å². The average Bonchev–Trinajstić information content (AvgIpc) is 3.04. The minimum Gasteiger partial charge on any atom is -0.366 e. The fraction of sp³-hybridized carbons (Fsp3) is 0.308. The predicted octanol–water partition coefficient (Wildman–Crippen LogP) is 4.60. The molecule has 1 aliphatic heterocycles. The highest BCUT2D eigenvalue weighted by Gasteiger charge is 2.30. The van der Waals surface area contributed by atoms with Gasteiger partial charge >= 0.3 is 0 Å². The van der Waals surface area contributed by atoms with Crippen molar-refractivity contribution in [2.75, 3.05) is 31.1 Å². The Morgan fingerprint density at radius 2 is 1.55 bits per heavy atom. The number of halogens is 2. The quantitative estimate of drug-likeness (QED) is 0.533. The molecule has 1 aliphatic rings. The lowest BCUT2D eigenvalue weighted by molar-refractivity contribution is 0.0735. The lowest BCUT2D eigenvalue weighted by Crippen LogP contribution is -2.49. The molecule has 1 saturated heterocycles. The number of carbonyl (C=O) groups is 2. The van der Waals surface area contributed by atoms with Gasteiger partial charge in [-0.05, 0) is 56.2 Å². The summed E-state index contributed by atoms with van der Waals surface area (Å²) in [5.41, 5.74) is 3.77. The Hall–Kier alpha value is -3.48. The van der Waals surface area contributed by atoms with Crippen LogP contribution in [0.15, 0.2) is 48.5 Å². The number of carbonyl (C=O) groups excluding carboxylic acids is 2. The van der Waals surface area contributed by atoms with Crippen LogP contribution in [-0.4, -0.2) is 47.3 Å². The number of rotatable bonds is 5. The number of piperazine rings is 1. The van der Waals surface area contributed by atoms with Gasteiger partial charge < -0.3 is 14.4 Å². The van der Waals surface area contributed by atoms with E-state index in [2.05, 4.69) is 0 Å². The molecular formula is C26H27F2N3O2. The van der Waals surface area contributed by atoms with Crippen LogP contribution in [0.5, 0.6) is 0 Å². The van der Waals surface area contributed by atoms with Gasteiger partial charge in [-0.2, -0.15) is 0 Å². The van der Waals surface area contributed by atoms with Crippen molar-refractivity contribution >= 4 is 17.4 Å². The molecule has 0 spiro atoms. The summed E-state index contributed by atoms with van der Waals surface area (Å²) >= 11 is 0. The van der Waals surface area contributed by atoms with Crippen LogP contribution in [0.2, 0.25) is 0 Å². The standard InChI is InChI=1S/C26H27F2N3O2/c1-17-24(19(3)32)18(2)31(16-20-8-10-21(27)11-9-20)25(17)26(33)30-14-12-29(13-15-30)23-7-5-4-6-22(23)28/h4-11H,12-16H2,1-3H3. The molecule has 1 aromatic heterocycles. The summed E-state index contributed by atoms with van der Waals surface area (Å²) < 4.78 is 29.4. The van der Waals surface area contributed by atoms with Crippen molar-refractivity contribution in [3.8, 4) is 0 Å². The van der Waals surface area contributed by atoms with Crippen molar-refractivity contribution in [2.24, 2.45) is 0 Å². The zero-order chi connectivity index (χ0) is 23.7. The van der Waals surface area contributed by atoms with Gasteiger partial charge in [0.25, 0.3) is 5.91 Å². The number of Topliss-reactive ketones (excluding diaryl/α,β-unsaturated/α-hetero) is 1. The van der Waals surface area contributed by atoms with Crippen LogP contribution >= 0.6 is 0 Å². The molecule has 0 bridgehead atoms. The van der Waals surface area contributed by atoms with Crippen LogP contribution in [0.3, 0.4) is 0 Å². The highest BCUT2D eigenvalue weighted by molar-refractivity contribution is 6.03. The van der Waals surface area contributed by atoms with E-state index in [0.29, 0.717) is 55.2 Å². The minimum atomic E-state index is -0.326. The molecule has 1 fully saturated rings. The molecule has 0 saturated carbocycles. The maximum absolute atomic E-state index is 14.2. The van der Waals surface area contributed by atoms with Crippen LogP contribution in [0.25, 0.3) is 0 Å². The maximum Gasteiger partial charge on any atom is 0.270 e. The summed E-state index contributed by atoms with van der Waals surface area (Å²) in [6.45, 7) is 7.42. The number of nitrogens with zero attached hydrogens (tertiary/aromatic N) is 3. The summed E-state index contributed by atoms with van der Waals surface area (Å²) in [6, 6.07) is 12.8. The van der Waals surface area contributed by atoms with Crippen molar-refractivity contribution in [2.45, 2.75) is 27.3 Å². The molecule has 4 rings (SSSR count). The van der Waals surface area contributed by atoms with Crippen molar-refractivity contribution in [1.29, 1.82) is 0 Å². The Balaban J connectivity index is 1.62. The highest BCUT2D eigenvalue weighted by Crippen LogP contribution is 2.27. The highest BCUT2D eigenvalue weighted by atomic mass is 19.1. The van der Waals surface area contributed by atoms with E-state index in [9.17, 15) is 18.4 Å². The predicted molar refractivity (Wildman–Crippen MR) is 124 cm³/mol. The fourth-order valence-electron chi connectivity index (χ4n) is 4.67. The summed E-state index contributed by atoms with van der Waals surface area (Å²) in [7, 11) is 0. The van der Waals surface area contributed by atoms with Gasteiger partial charge in [-0.25, -0.2) is 8.78 Å². The third kappa shape index (κ3) is 4.40. The summed E-state index contributed by atoms with van der Waals surface area (Å²) in [4.78, 5) is 29.7. The minimum absolute atomic E-state index is 0.0960. The van der Waals surface area contributed by atoms with Crippen molar-refractivity contribution in [3.63, 3.8) is 0 Å². The lowest BCUT2D eigenvalue weighted by Gasteiger charge is -2.36. The Labute approximate surface area is 192 Å². The van der Waals surface area contributed by atoms with Gasteiger partial charge in [-0.1, -0.05) is 24.3 Å². The summed E-state index contributed by atoms with van der Waals surface area (Å²) in [6.07, 6.45) is 0. The molecule has 7 heteroatoms. The molecule has 172 valence electrons. The van der Waals surface area contributed by atoms with Gasteiger partial charge in [0.05, 0.1) is 5.69 Å². The SMILES string of the molecule is CC(=O)c1c(C)c(C(=O)N2CCN(c3ccccc3F)CC2)n(Cc2ccc(F)cc2)c1C. The van der Waals surface area contributed by atoms with E-state index in [1.807, 2.05) is 16.4 Å². The van der Waals surface area contributed by atoms with Gasteiger partial charge in [0.15, 0.2) is 5.78 Å². The summed E-state index contributed by atoms with van der Waals surface area (Å²) in [5, 5.41) is 0. The van der Waals surface area contributed by atoms with E-state index in [1.165, 1.54) is 25.1 Å². The van der Waals surface area contributed by atoms with Crippen LogP contribution in [0.4, 0.5) is 14.5 Å². The van der Waals surface area contributed by atoms with E-state index in [-0.39, 0.29) is 23.3 Å². The first kappa shape index (κ1) is 22.7. The third-order valence-electron chi connectivity index (χ3n) is 6.34. The van der Waals surface area contributed by atoms with Crippen LogP contribution in [0.1, 0.15) is 44.6 Å². The molecule has 5 nitrogen and oxygen atoms in total. The van der Waals surface area contributed by atoms with Crippen LogP contribution in [0, 0.1) is 25.5 Å². The molecular weight excluding hydrogens is 424 g/mol. The number of benzene rings is 2. The zero-order valence-electron chi connectivity index (χ0n) is 19.1. The Kier molecular flexibility index (Phi) is 6.31. The monoisotopic (exact) mass is 451 g/mol. The number of anilines is 1. The summed E-state index contributed by atoms with van der Waals surface area (Å²) in [5.74, 6) is -0.852. The second-order valence-electron chi connectivity index (χ2n) is 8.43. The number of amides is 1. The molecule has 2 heterocycles. The molecule has 0 atom stereocenters. The molecule has 0 unspecified atom stereocenters. The van der Waals surface area contributed by atoms with Crippen molar-refractivity contribution < 1.29 is 18.4 Å². The molecule has 0 radical (unpaired) electrons. The fourth-order valence-corrected chi connectivity index (χ4v) is 4.67. The van der Waals surface area contributed by atoms with Gasteiger partial charge in [0.1, 0.15) is 17.3 Å². The Bertz CT molecular complexity index is 1190.